The lowest BCUT2D eigenvalue weighted by Gasteiger charge is -2.14. The van der Waals surface area contributed by atoms with Crippen LogP contribution in [0.2, 0.25) is 0 Å². The maximum atomic E-state index is 12.9. The van der Waals surface area contributed by atoms with E-state index in [4.69, 9.17) is 26.4 Å². The van der Waals surface area contributed by atoms with Crippen LogP contribution in [0.25, 0.3) is 0 Å². The number of benzene rings is 1. The average molecular weight is 527 g/mol. The van der Waals surface area contributed by atoms with Crippen molar-refractivity contribution in [1.29, 1.82) is 0 Å². The van der Waals surface area contributed by atoms with E-state index in [-0.39, 0.29) is 5.11 Å². The molecule has 0 atom stereocenters. The number of fused-ring (bicyclic) bond motifs is 1. The molecule has 166 valence electrons. The number of halogens is 1. The van der Waals surface area contributed by atoms with Crippen LogP contribution < -0.4 is 15.4 Å². The minimum Gasteiger partial charge on any atom is -0.490 e. The van der Waals surface area contributed by atoms with Gasteiger partial charge >= 0.3 is 5.97 Å². The fourth-order valence-corrected chi connectivity index (χ4v) is 5.22. The molecule has 1 aliphatic rings. The quantitative estimate of drug-likeness (QED) is 0.315. The lowest BCUT2D eigenvalue weighted by atomic mass is 9.95. The number of rotatable bonds is 7. The molecule has 0 saturated carbocycles. The molecule has 0 spiro atoms. The van der Waals surface area contributed by atoms with Gasteiger partial charge < -0.3 is 19.5 Å². The summed E-state index contributed by atoms with van der Waals surface area (Å²) in [6, 6.07) is 5.14. The molecule has 2 aromatic rings. The summed E-state index contributed by atoms with van der Waals surface area (Å²) in [6.07, 6.45) is 3.87. The second kappa shape index (κ2) is 11.0. The molecule has 10 heteroatoms. The van der Waals surface area contributed by atoms with E-state index in [2.05, 4.69) is 26.6 Å². The number of carbonyl (C=O) groups is 2. The summed E-state index contributed by atoms with van der Waals surface area (Å²) in [4.78, 5) is 26.4. The largest absolute Gasteiger partial charge is 0.490 e. The highest BCUT2D eigenvalue weighted by molar-refractivity contribution is 9.10. The highest BCUT2D eigenvalue weighted by Crippen LogP contribution is 2.38. The second-order valence-corrected chi connectivity index (χ2v) is 9.23. The Bertz CT molecular complexity index is 992. The first-order valence-corrected chi connectivity index (χ1v) is 11.7. The van der Waals surface area contributed by atoms with Crippen molar-refractivity contribution in [3.05, 3.63) is 44.2 Å². The molecule has 1 aromatic carbocycles. The molecule has 0 bridgehead atoms. The molecular formula is C21H23BrN2O5S2. The van der Waals surface area contributed by atoms with E-state index in [1.807, 2.05) is 0 Å². The minimum atomic E-state index is -0.424. The van der Waals surface area contributed by atoms with E-state index >= 15 is 0 Å². The van der Waals surface area contributed by atoms with Gasteiger partial charge in [-0.05, 0) is 61.7 Å². The van der Waals surface area contributed by atoms with E-state index in [1.165, 1.54) is 18.4 Å². The minimum absolute atomic E-state index is 0.0940. The third kappa shape index (κ3) is 5.82. The van der Waals surface area contributed by atoms with E-state index < -0.39 is 11.9 Å². The molecule has 1 amide bonds. The maximum Gasteiger partial charge on any atom is 0.341 e. The first kappa shape index (κ1) is 23.6. The SMILES string of the molecule is COCCOc1ccc(Br)cc1C(=O)NC(=S)Nc1sc2c(c1C(=O)OC)CCCC2. The van der Waals surface area contributed by atoms with Gasteiger partial charge in [-0.2, -0.15) is 0 Å². The van der Waals surface area contributed by atoms with Crippen LogP contribution in [0.15, 0.2) is 22.7 Å². The number of nitrogens with one attached hydrogen (secondary N) is 2. The van der Waals surface area contributed by atoms with Crippen LogP contribution in [0.1, 0.15) is 44.0 Å². The average Bonchev–Trinajstić information content (AvgIpc) is 3.11. The number of aryl methyl sites for hydroxylation is 1. The second-order valence-electron chi connectivity index (χ2n) is 6.80. The molecule has 2 N–H and O–H groups in total. The van der Waals surface area contributed by atoms with Crippen molar-refractivity contribution in [2.45, 2.75) is 25.7 Å². The van der Waals surface area contributed by atoms with Crippen molar-refractivity contribution in [3.63, 3.8) is 0 Å². The van der Waals surface area contributed by atoms with E-state index in [9.17, 15) is 9.59 Å². The molecule has 0 unspecified atom stereocenters. The van der Waals surface area contributed by atoms with Gasteiger partial charge in [-0.1, -0.05) is 15.9 Å². The van der Waals surface area contributed by atoms with Crippen molar-refractivity contribution in [2.75, 3.05) is 32.8 Å². The molecule has 1 heterocycles. The predicted molar refractivity (Wildman–Crippen MR) is 128 cm³/mol. The van der Waals surface area contributed by atoms with Gasteiger partial charge in [0.2, 0.25) is 0 Å². The Morgan fingerprint density at radius 2 is 1.97 bits per heavy atom. The zero-order chi connectivity index (χ0) is 22.4. The Morgan fingerprint density at radius 3 is 2.71 bits per heavy atom. The molecule has 7 nitrogen and oxygen atoms in total. The summed E-state index contributed by atoms with van der Waals surface area (Å²) in [5.74, 6) is -0.411. The fraction of sp³-hybridized carbons (Fsp3) is 0.381. The molecule has 1 aliphatic carbocycles. The third-order valence-electron chi connectivity index (χ3n) is 4.75. The monoisotopic (exact) mass is 526 g/mol. The van der Waals surface area contributed by atoms with Crippen LogP contribution in [-0.2, 0) is 22.3 Å². The van der Waals surface area contributed by atoms with Gasteiger partial charge in [-0.15, -0.1) is 11.3 Å². The number of thiophene rings is 1. The molecule has 0 radical (unpaired) electrons. The summed E-state index contributed by atoms with van der Waals surface area (Å²) in [7, 11) is 2.94. The van der Waals surface area contributed by atoms with Crippen LogP contribution >= 0.6 is 39.5 Å². The fourth-order valence-electron chi connectivity index (χ4n) is 3.32. The van der Waals surface area contributed by atoms with Crippen LogP contribution in [0, 0.1) is 0 Å². The Hall–Kier alpha value is -2.01. The lowest BCUT2D eigenvalue weighted by Crippen LogP contribution is -2.34. The first-order chi connectivity index (χ1) is 14.9. The van der Waals surface area contributed by atoms with Gasteiger partial charge in [-0.25, -0.2) is 4.79 Å². The van der Waals surface area contributed by atoms with Crippen LogP contribution in [0.4, 0.5) is 5.00 Å². The first-order valence-electron chi connectivity index (χ1n) is 9.71. The number of methoxy groups -OCH3 is 2. The van der Waals surface area contributed by atoms with Gasteiger partial charge in [0.15, 0.2) is 5.11 Å². The maximum absolute atomic E-state index is 12.9. The van der Waals surface area contributed by atoms with E-state index in [1.54, 1.807) is 25.3 Å². The molecule has 1 aromatic heterocycles. The van der Waals surface area contributed by atoms with Crippen molar-refractivity contribution >= 4 is 61.5 Å². The highest BCUT2D eigenvalue weighted by atomic mass is 79.9. The lowest BCUT2D eigenvalue weighted by molar-refractivity contribution is 0.0601. The van der Waals surface area contributed by atoms with E-state index in [0.717, 1.165) is 40.6 Å². The molecule has 31 heavy (non-hydrogen) atoms. The third-order valence-corrected chi connectivity index (χ3v) is 6.65. The van der Waals surface area contributed by atoms with Crippen molar-refractivity contribution < 1.29 is 23.8 Å². The van der Waals surface area contributed by atoms with Gasteiger partial charge in [-0.3, -0.25) is 10.1 Å². The number of anilines is 1. The Kier molecular flexibility index (Phi) is 8.42. The van der Waals surface area contributed by atoms with Gasteiger partial charge in [0, 0.05) is 16.5 Å². The summed E-state index contributed by atoms with van der Waals surface area (Å²) in [6.45, 7) is 0.709. The molecule has 0 fully saturated rings. The Balaban J connectivity index is 1.76. The summed E-state index contributed by atoms with van der Waals surface area (Å²) >= 11 is 10.2. The zero-order valence-corrected chi connectivity index (χ0v) is 20.4. The standard InChI is InChI=1S/C21H23BrN2O5S2/c1-27-9-10-29-15-8-7-12(22)11-14(15)18(25)23-21(30)24-19-17(20(26)28-2)13-5-3-4-6-16(13)31-19/h7-8,11H,3-6,9-10H2,1-2H3,(H2,23,24,25,30). The summed E-state index contributed by atoms with van der Waals surface area (Å²) in [5, 5.41) is 6.37. The molecular weight excluding hydrogens is 504 g/mol. The van der Waals surface area contributed by atoms with E-state index in [0.29, 0.717) is 35.1 Å². The Labute approximate surface area is 198 Å². The predicted octanol–water partition coefficient (Wildman–Crippen LogP) is 4.33. The van der Waals surface area contributed by atoms with Gasteiger partial charge in [0.25, 0.3) is 5.91 Å². The van der Waals surface area contributed by atoms with Crippen molar-refractivity contribution in [1.82, 2.24) is 5.32 Å². The van der Waals surface area contributed by atoms with Crippen LogP contribution in [0.5, 0.6) is 5.75 Å². The van der Waals surface area contributed by atoms with Gasteiger partial charge in [0.1, 0.15) is 17.4 Å². The molecule has 3 rings (SSSR count). The number of ether oxygens (including phenoxy) is 3. The molecule has 0 aliphatic heterocycles. The van der Waals surface area contributed by atoms with Crippen molar-refractivity contribution in [2.24, 2.45) is 0 Å². The Morgan fingerprint density at radius 1 is 1.19 bits per heavy atom. The number of thiocarbonyl (C=S) groups is 1. The number of hydrogen-bond acceptors (Lipinski definition) is 7. The number of esters is 1. The zero-order valence-electron chi connectivity index (χ0n) is 17.2. The normalized spacial score (nSPS) is 12.6. The highest BCUT2D eigenvalue weighted by Gasteiger charge is 2.27. The topological polar surface area (TPSA) is 85.9 Å². The van der Waals surface area contributed by atoms with Gasteiger partial charge in [0.05, 0.1) is 24.8 Å². The number of carbonyl (C=O) groups excluding carboxylic acids is 2. The number of hydrogen-bond donors (Lipinski definition) is 2. The number of amides is 1. The van der Waals surface area contributed by atoms with Crippen LogP contribution in [-0.4, -0.2) is 44.4 Å². The summed E-state index contributed by atoms with van der Waals surface area (Å²) in [5.41, 5.74) is 1.85. The van der Waals surface area contributed by atoms with Crippen molar-refractivity contribution in [3.8, 4) is 5.75 Å². The molecule has 0 saturated heterocycles. The van der Waals surface area contributed by atoms with Crippen LogP contribution in [0.3, 0.4) is 0 Å². The smallest absolute Gasteiger partial charge is 0.341 e. The summed E-state index contributed by atoms with van der Waals surface area (Å²) < 4.78 is 16.3.